The zero-order chi connectivity index (χ0) is 9.10. The summed E-state index contributed by atoms with van der Waals surface area (Å²) in [5.41, 5.74) is 3.04. The van der Waals surface area contributed by atoms with Gasteiger partial charge in [-0.1, -0.05) is 0 Å². The molecular weight excluding hydrogens is 189 g/mol. The smallest absolute Gasteiger partial charge is 0.870 e. The van der Waals surface area contributed by atoms with Gasteiger partial charge in [0.15, 0.2) is 0 Å². The maximum atomic E-state index is 5.59. The Morgan fingerprint density at radius 3 is 2.07 bits per heavy atom. The molecule has 0 saturated carbocycles. The zero-order valence-corrected chi connectivity index (χ0v) is 8.04. The first kappa shape index (κ1) is 13.4. The fraction of sp³-hybridized carbons (Fsp3) is 0. The fourth-order valence-corrected chi connectivity index (χ4v) is 1.21. The molecule has 0 amide bonds. The molecule has 0 radical (unpaired) electrons. The van der Waals surface area contributed by atoms with Crippen LogP contribution in [0.15, 0.2) is 48.8 Å². The number of rotatable bonds is 1. The van der Waals surface area contributed by atoms with Crippen molar-refractivity contribution < 1.29 is 11.0 Å². The van der Waals surface area contributed by atoms with Crippen LogP contribution in [0.3, 0.4) is 0 Å². The van der Waals surface area contributed by atoms with Gasteiger partial charge in [0.1, 0.15) is 0 Å². The van der Waals surface area contributed by atoms with E-state index in [1.165, 1.54) is 0 Å². The molecule has 15 heavy (non-hydrogen) atoms. The van der Waals surface area contributed by atoms with Crippen LogP contribution in [0.4, 0.5) is 0 Å². The third-order valence-corrected chi connectivity index (χ3v) is 1.91. The van der Waals surface area contributed by atoms with Gasteiger partial charge in [0.2, 0.25) is 0 Å². The van der Waals surface area contributed by atoms with Crippen LogP contribution in [-0.2, 0) is 0 Å². The SMILES string of the molecule is [B+2]c1ccc(-c2cccnc2)cc1.[OH-].[OH-]. The summed E-state index contributed by atoms with van der Waals surface area (Å²) in [6.07, 6.45) is 3.60. The third-order valence-electron chi connectivity index (χ3n) is 1.91. The van der Waals surface area contributed by atoms with Crippen molar-refractivity contribution in [3.05, 3.63) is 48.8 Å². The van der Waals surface area contributed by atoms with Gasteiger partial charge < -0.3 is 11.0 Å². The molecule has 74 valence electrons. The van der Waals surface area contributed by atoms with Gasteiger partial charge in [0, 0.05) is 0 Å². The molecule has 0 aliphatic rings. The predicted octanol–water partition coefficient (Wildman–Crippen LogP) is 1.19. The van der Waals surface area contributed by atoms with E-state index in [1.807, 2.05) is 42.6 Å². The van der Waals surface area contributed by atoms with E-state index >= 15 is 0 Å². The normalized spacial score (nSPS) is 8.67. The minimum absolute atomic E-state index is 0. The van der Waals surface area contributed by atoms with Gasteiger partial charge in [-0.05, 0) is 0 Å². The molecular formula is C11H10BNO2. The number of benzene rings is 1. The first-order chi connectivity index (χ1) is 6.36. The van der Waals surface area contributed by atoms with Crippen LogP contribution < -0.4 is 5.46 Å². The number of aromatic nitrogens is 1. The zero-order valence-electron chi connectivity index (χ0n) is 8.04. The molecule has 0 unspecified atom stereocenters. The Balaban J connectivity index is 0.000000980. The number of hydrogen-bond donors (Lipinski definition) is 0. The van der Waals surface area contributed by atoms with Crippen LogP contribution in [0.25, 0.3) is 11.1 Å². The molecule has 1 aromatic carbocycles. The van der Waals surface area contributed by atoms with E-state index in [1.54, 1.807) is 6.20 Å². The molecule has 0 fully saturated rings. The molecule has 0 saturated heterocycles. The summed E-state index contributed by atoms with van der Waals surface area (Å²) < 4.78 is 0. The maximum Gasteiger partial charge on any atom is -0.870 e. The molecule has 1 aromatic heterocycles. The van der Waals surface area contributed by atoms with Crippen molar-refractivity contribution in [3.8, 4) is 11.1 Å². The number of hydrogen-bond acceptors (Lipinski definition) is 3. The molecule has 0 atom stereocenters. The standard InChI is InChI=1S/C11H8BN.2H2O/c12-11-5-3-9(4-6-11)10-2-1-7-13-8-10;;/h1-8H;2*1H2/q+2;;/p-2. The van der Waals surface area contributed by atoms with E-state index in [2.05, 4.69) is 4.98 Å². The van der Waals surface area contributed by atoms with E-state index in [0.717, 1.165) is 16.6 Å². The first-order valence-electron chi connectivity index (χ1n) is 4.12. The van der Waals surface area contributed by atoms with Gasteiger partial charge in [0.25, 0.3) is 0 Å². The van der Waals surface area contributed by atoms with Gasteiger partial charge in [-0.3, -0.25) is 0 Å². The summed E-state index contributed by atoms with van der Waals surface area (Å²) >= 11 is 0. The molecule has 0 spiro atoms. The van der Waals surface area contributed by atoms with Crippen LogP contribution in [0.5, 0.6) is 0 Å². The van der Waals surface area contributed by atoms with Crippen LogP contribution in [0.1, 0.15) is 0 Å². The Kier molecular flexibility index (Phi) is 5.30. The molecule has 4 heteroatoms. The summed E-state index contributed by atoms with van der Waals surface area (Å²) in [6, 6.07) is 11.7. The molecule has 2 aromatic rings. The second-order valence-electron chi connectivity index (χ2n) is 2.86. The van der Waals surface area contributed by atoms with Gasteiger partial charge in [0.05, 0.1) is 0 Å². The Morgan fingerprint density at radius 1 is 0.867 bits per heavy atom. The largest absolute Gasteiger partial charge is 0.870 e. The second kappa shape index (κ2) is 5.96. The fourth-order valence-electron chi connectivity index (χ4n) is 1.21. The number of nitrogens with zero attached hydrogens (tertiary/aromatic N) is 1. The van der Waals surface area contributed by atoms with Crippen molar-refractivity contribution in [2.24, 2.45) is 0 Å². The van der Waals surface area contributed by atoms with Crippen LogP contribution in [0.2, 0.25) is 0 Å². The summed E-state index contributed by atoms with van der Waals surface area (Å²) in [4.78, 5) is 4.05. The Bertz CT molecular complexity index is 389. The summed E-state index contributed by atoms with van der Waals surface area (Å²) in [5.74, 6) is 0. The summed E-state index contributed by atoms with van der Waals surface area (Å²) in [5, 5.41) is 0. The van der Waals surface area contributed by atoms with Crippen LogP contribution in [-0.4, -0.2) is 23.8 Å². The van der Waals surface area contributed by atoms with E-state index in [-0.39, 0.29) is 11.0 Å². The molecule has 1 heterocycles. The van der Waals surface area contributed by atoms with Gasteiger partial charge >= 0.3 is 78.2 Å². The Hall–Kier alpha value is -1.65. The van der Waals surface area contributed by atoms with E-state index < -0.39 is 0 Å². The quantitative estimate of drug-likeness (QED) is 0.647. The molecule has 0 aliphatic carbocycles. The molecule has 2 N–H and O–H groups in total. The van der Waals surface area contributed by atoms with E-state index in [0.29, 0.717) is 0 Å². The van der Waals surface area contributed by atoms with Gasteiger partial charge in [-0.25, -0.2) is 0 Å². The van der Waals surface area contributed by atoms with Crippen molar-refractivity contribution in [2.45, 2.75) is 0 Å². The van der Waals surface area contributed by atoms with E-state index in [9.17, 15) is 0 Å². The predicted molar refractivity (Wildman–Crippen MR) is 58.9 cm³/mol. The molecule has 0 aliphatic heterocycles. The van der Waals surface area contributed by atoms with Crippen molar-refractivity contribution >= 4 is 13.3 Å². The monoisotopic (exact) mass is 199 g/mol. The van der Waals surface area contributed by atoms with Crippen LogP contribution in [0, 0.1) is 0 Å². The average Bonchev–Trinajstić information content (AvgIpc) is 2.20. The Labute approximate surface area is 89.8 Å². The maximum absolute atomic E-state index is 5.59. The second-order valence-corrected chi connectivity index (χ2v) is 2.86. The minimum atomic E-state index is 0. The Morgan fingerprint density at radius 2 is 1.53 bits per heavy atom. The minimum Gasteiger partial charge on any atom is -0.870 e. The van der Waals surface area contributed by atoms with Crippen molar-refractivity contribution in [3.63, 3.8) is 0 Å². The molecule has 0 bridgehead atoms. The van der Waals surface area contributed by atoms with Crippen LogP contribution >= 0.6 is 0 Å². The topological polar surface area (TPSA) is 72.9 Å². The van der Waals surface area contributed by atoms with Crippen molar-refractivity contribution in [1.82, 2.24) is 4.98 Å². The van der Waals surface area contributed by atoms with E-state index in [4.69, 9.17) is 7.85 Å². The van der Waals surface area contributed by atoms with Crippen molar-refractivity contribution in [2.75, 3.05) is 0 Å². The van der Waals surface area contributed by atoms with Gasteiger partial charge in [-0.15, -0.1) is 0 Å². The van der Waals surface area contributed by atoms with Gasteiger partial charge in [-0.2, -0.15) is 0 Å². The molecule has 2 rings (SSSR count). The van der Waals surface area contributed by atoms with Crippen molar-refractivity contribution in [1.29, 1.82) is 0 Å². The molecule has 3 nitrogen and oxygen atoms in total. The number of pyridine rings is 1. The average molecular weight is 199 g/mol. The summed E-state index contributed by atoms with van der Waals surface area (Å²) in [6.45, 7) is 0. The summed E-state index contributed by atoms with van der Waals surface area (Å²) in [7, 11) is 5.59. The third kappa shape index (κ3) is 3.20. The first-order valence-corrected chi connectivity index (χ1v) is 4.12.